The van der Waals surface area contributed by atoms with E-state index in [-0.39, 0.29) is 6.10 Å². The van der Waals surface area contributed by atoms with Gasteiger partial charge < -0.3 is 24.0 Å². The molecule has 0 amide bonds. The standard InChI is InChI=1S/C43H50N2O3/c1-5-44(6-2)37-20-14-34(15-21-37)43(35-16-22-38(23-17-35)45(7-3)8-4)28-27-42(33-12-9-32(10-13-33)11-24-40-29-47-40)36-18-25-39(26-19-36)46-30-41-31-48-41/h9-10,12-23,25-28,40-41H,5-8,11,24,29-31H2,1-4H3. The molecule has 0 aliphatic carbocycles. The molecule has 250 valence electrons. The highest BCUT2D eigenvalue weighted by atomic mass is 16.6. The van der Waals surface area contributed by atoms with Gasteiger partial charge in [-0.05, 0) is 116 Å². The summed E-state index contributed by atoms with van der Waals surface area (Å²) in [6, 6.07) is 35.6. The molecule has 2 atom stereocenters. The Labute approximate surface area is 287 Å². The molecule has 2 saturated heterocycles. The zero-order valence-electron chi connectivity index (χ0n) is 29.0. The monoisotopic (exact) mass is 642 g/mol. The third-order valence-electron chi connectivity index (χ3n) is 9.46. The Morgan fingerprint density at radius 1 is 0.583 bits per heavy atom. The number of benzene rings is 4. The highest BCUT2D eigenvalue weighted by Crippen LogP contribution is 2.31. The van der Waals surface area contributed by atoms with Crippen LogP contribution in [-0.4, -0.2) is 58.2 Å². The Morgan fingerprint density at radius 3 is 1.38 bits per heavy atom. The second kappa shape index (κ2) is 16.2. The van der Waals surface area contributed by atoms with Crippen molar-refractivity contribution < 1.29 is 14.2 Å². The lowest BCUT2D eigenvalue weighted by molar-refractivity contribution is 0.263. The van der Waals surface area contributed by atoms with Crippen LogP contribution in [0.3, 0.4) is 0 Å². The molecule has 4 aromatic carbocycles. The van der Waals surface area contributed by atoms with Crippen LogP contribution in [0.25, 0.3) is 11.1 Å². The summed E-state index contributed by atoms with van der Waals surface area (Å²) in [5, 5.41) is 0. The number of hydrogen-bond acceptors (Lipinski definition) is 5. The fourth-order valence-corrected chi connectivity index (χ4v) is 6.26. The molecule has 2 unspecified atom stereocenters. The summed E-state index contributed by atoms with van der Waals surface area (Å²) in [4.78, 5) is 4.77. The van der Waals surface area contributed by atoms with E-state index in [1.807, 2.05) is 0 Å². The first-order valence-corrected chi connectivity index (χ1v) is 17.8. The summed E-state index contributed by atoms with van der Waals surface area (Å²) >= 11 is 0. The molecule has 0 bridgehead atoms. The third-order valence-corrected chi connectivity index (χ3v) is 9.46. The molecule has 2 fully saturated rings. The van der Waals surface area contributed by atoms with Gasteiger partial charge in [-0.3, -0.25) is 0 Å². The van der Waals surface area contributed by atoms with E-state index < -0.39 is 0 Å². The molecule has 2 heterocycles. The van der Waals surface area contributed by atoms with Gasteiger partial charge in [0.25, 0.3) is 0 Å². The summed E-state index contributed by atoms with van der Waals surface area (Å²) < 4.78 is 16.7. The molecular formula is C43H50N2O3. The van der Waals surface area contributed by atoms with E-state index >= 15 is 0 Å². The molecule has 2 aliphatic rings. The first-order chi connectivity index (χ1) is 23.6. The average molecular weight is 643 g/mol. The van der Waals surface area contributed by atoms with Crippen LogP contribution in [0.5, 0.6) is 5.75 Å². The number of anilines is 2. The first kappa shape index (κ1) is 33.6. The molecule has 0 saturated carbocycles. The van der Waals surface area contributed by atoms with Gasteiger partial charge in [0.15, 0.2) is 0 Å². The second-order valence-electron chi connectivity index (χ2n) is 12.6. The summed E-state index contributed by atoms with van der Waals surface area (Å²) in [7, 11) is 0. The molecule has 0 aromatic heterocycles. The summed E-state index contributed by atoms with van der Waals surface area (Å²) in [5.41, 5.74) is 10.9. The molecule has 2 aliphatic heterocycles. The van der Waals surface area contributed by atoms with Crippen molar-refractivity contribution in [2.24, 2.45) is 0 Å². The van der Waals surface area contributed by atoms with Crippen molar-refractivity contribution in [3.8, 4) is 5.75 Å². The Balaban J connectivity index is 1.38. The van der Waals surface area contributed by atoms with Crippen LogP contribution in [0.15, 0.2) is 109 Å². The zero-order chi connectivity index (χ0) is 33.3. The van der Waals surface area contributed by atoms with E-state index in [2.05, 4.69) is 147 Å². The molecule has 5 nitrogen and oxygen atoms in total. The van der Waals surface area contributed by atoms with E-state index in [9.17, 15) is 0 Å². The van der Waals surface area contributed by atoms with Gasteiger partial charge >= 0.3 is 0 Å². The zero-order valence-corrected chi connectivity index (χ0v) is 29.0. The third kappa shape index (κ3) is 8.77. The van der Waals surface area contributed by atoms with Crippen LogP contribution in [-0.2, 0) is 15.9 Å². The molecule has 48 heavy (non-hydrogen) atoms. The lowest BCUT2D eigenvalue weighted by Gasteiger charge is -2.22. The van der Waals surface area contributed by atoms with Gasteiger partial charge in [0, 0.05) is 37.6 Å². The molecule has 4 aromatic rings. The molecule has 0 radical (unpaired) electrons. The molecule has 0 N–H and O–H groups in total. The quantitative estimate of drug-likeness (QED) is 0.0849. The topological polar surface area (TPSA) is 40.8 Å². The number of nitrogens with zero attached hydrogens (tertiary/aromatic N) is 2. The minimum absolute atomic E-state index is 0.232. The van der Waals surface area contributed by atoms with Crippen molar-refractivity contribution in [3.63, 3.8) is 0 Å². The Morgan fingerprint density at radius 2 is 0.979 bits per heavy atom. The Kier molecular flexibility index (Phi) is 11.3. The molecule has 6 rings (SSSR count). The van der Waals surface area contributed by atoms with Crippen LogP contribution in [0.1, 0.15) is 61.9 Å². The van der Waals surface area contributed by atoms with E-state index in [4.69, 9.17) is 14.2 Å². The van der Waals surface area contributed by atoms with Gasteiger partial charge in [0.05, 0.1) is 19.3 Å². The van der Waals surface area contributed by atoms with Gasteiger partial charge in [-0.2, -0.15) is 0 Å². The van der Waals surface area contributed by atoms with Crippen LogP contribution >= 0.6 is 0 Å². The maximum absolute atomic E-state index is 5.96. The lowest BCUT2D eigenvalue weighted by atomic mass is 9.93. The number of allylic oxidation sites excluding steroid dienone is 2. The SMILES string of the molecule is CCN(CC)c1ccc(C(=CC=C(c2ccc(CCC3CO3)cc2)c2ccc(OCC3CO3)cc2)c2ccc(N(CC)CC)cc2)cc1. The maximum atomic E-state index is 5.96. The van der Waals surface area contributed by atoms with Crippen LogP contribution in [0.4, 0.5) is 11.4 Å². The predicted octanol–water partition coefficient (Wildman–Crippen LogP) is 9.05. The number of hydrogen-bond donors (Lipinski definition) is 0. The van der Waals surface area contributed by atoms with Gasteiger partial charge in [0.1, 0.15) is 18.5 Å². The highest BCUT2D eigenvalue weighted by molar-refractivity contribution is 5.87. The van der Waals surface area contributed by atoms with Crippen molar-refractivity contribution >= 4 is 22.5 Å². The van der Waals surface area contributed by atoms with Crippen molar-refractivity contribution in [2.75, 3.05) is 55.8 Å². The van der Waals surface area contributed by atoms with Crippen LogP contribution in [0, 0.1) is 0 Å². The predicted molar refractivity (Wildman–Crippen MR) is 200 cm³/mol. The van der Waals surface area contributed by atoms with Crippen molar-refractivity contribution in [1.82, 2.24) is 0 Å². The van der Waals surface area contributed by atoms with E-state index in [0.717, 1.165) is 63.5 Å². The van der Waals surface area contributed by atoms with Crippen molar-refractivity contribution in [1.29, 1.82) is 0 Å². The minimum Gasteiger partial charge on any atom is -0.491 e. The number of ether oxygens (including phenoxy) is 3. The summed E-state index contributed by atoms with van der Waals surface area (Å²) in [5.74, 6) is 0.865. The smallest absolute Gasteiger partial charge is 0.119 e. The van der Waals surface area contributed by atoms with Crippen LogP contribution in [0.2, 0.25) is 0 Å². The van der Waals surface area contributed by atoms with Crippen molar-refractivity contribution in [2.45, 2.75) is 52.7 Å². The molecular weight excluding hydrogens is 592 g/mol. The van der Waals surface area contributed by atoms with Crippen LogP contribution < -0.4 is 14.5 Å². The second-order valence-corrected chi connectivity index (χ2v) is 12.6. The Hall–Kier alpha value is -4.32. The minimum atomic E-state index is 0.232. The number of aryl methyl sites for hydroxylation is 1. The lowest BCUT2D eigenvalue weighted by Crippen LogP contribution is -2.21. The van der Waals surface area contributed by atoms with Gasteiger partial charge in [-0.25, -0.2) is 0 Å². The largest absolute Gasteiger partial charge is 0.491 e. The fraction of sp³-hybridized carbons (Fsp3) is 0.349. The van der Waals surface area contributed by atoms with E-state index in [1.165, 1.54) is 44.8 Å². The summed E-state index contributed by atoms with van der Waals surface area (Å²) in [6.07, 6.45) is 7.38. The normalized spacial score (nSPS) is 16.7. The van der Waals surface area contributed by atoms with Gasteiger partial charge in [-0.15, -0.1) is 0 Å². The maximum Gasteiger partial charge on any atom is 0.119 e. The molecule has 0 spiro atoms. The summed E-state index contributed by atoms with van der Waals surface area (Å²) in [6.45, 7) is 15.1. The van der Waals surface area contributed by atoms with E-state index in [0.29, 0.717) is 12.7 Å². The first-order valence-electron chi connectivity index (χ1n) is 17.8. The average Bonchev–Trinajstić information content (AvgIpc) is 4.08. The molecule has 5 heteroatoms. The van der Waals surface area contributed by atoms with Crippen molar-refractivity contribution in [3.05, 3.63) is 137 Å². The fourth-order valence-electron chi connectivity index (χ4n) is 6.26. The van der Waals surface area contributed by atoms with Gasteiger partial charge in [-0.1, -0.05) is 72.8 Å². The van der Waals surface area contributed by atoms with E-state index in [1.54, 1.807) is 0 Å². The number of rotatable bonds is 17. The van der Waals surface area contributed by atoms with Gasteiger partial charge in [0.2, 0.25) is 0 Å². The number of epoxide rings is 2. The highest BCUT2D eigenvalue weighted by Gasteiger charge is 2.23. The Bertz CT molecular complexity index is 1520.